The van der Waals surface area contributed by atoms with E-state index in [2.05, 4.69) is 5.32 Å². The molecule has 2 aromatic rings. The minimum Gasteiger partial charge on any atom is -0.424 e. The molecule has 8 heteroatoms. The molecular formula is C15H9Cl4NO2S. The first-order chi connectivity index (χ1) is 10.8. The van der Waals surface area contributed by atoms with Gasteiger partial charge in [-0.15, -0.1) is 0 Å². The van der Waals surface area contributed by atoms with Crippen LogP contribution in [-0.4, -0.2) is 11.0 Å². The molecule has 0 unspecified atom stereocenters. The lowest BCUT2D eigenvalue weighted by molar-refractivity contribution is -0.131. The van der Waals surface area contributed by atoms with Gasteiger partial charge in [-0.1, -0.05) is 58.6 Å². The number of anilines is 1. The lowest BCUT2D eigenvalue weighted by Gasteiger charge is -2.14. The molecule has 3 nitrogen and oxygen atoms in total. The van der Waals surface area contributed by atoms with E-state index in [-0.39, 0.29) is 15.8 Å². The van der Waals surface area contributed by atoms with Crippen molar-refractivity contribution >= 4 is 75.3 Å². The lowest BCUT2D eigenvalue weighted by atomic mass is 10.2. The Bertz CT molecular complexity index is 795. The fourth-order valence-electron chi connectivity index (χ4n) is 1.75. The number of esters is 1. The molecule has 0 heterocycles. The van der Waals surface area contributed by atoms with Gasteiger partial charge >= 0.3 is 5.97 Å². The highest BCUT2D eigenvalue weighted by Gasteiger charge is 2.17. The van der Waals surface area contributed by atoms with Crippen molar-refractivity contribution in [2.45, 2.75) is 6.92 Å². The highest BCUT2D eigenvalue weighted by molar-refractivity contribution is 7.81. The number of ether oxygens (including phenoxy) is 1. The molecule has 0 aliphatic heterocycles. The zero-order valence-corrected chi connectivity index (χ0v) is 15.5. The van der Waals surface area contributed by atoms with Crippen LogP contribution < -0.4 is 10.1 Å². The molecular weight excluding hydrogens is 400 g/mol. The Hall–Kier alpha value is -1.04. The molecule has 0 fully saturated rings. The molecule has 0 bridgehead atoms. The van der Waals surface area contributed by atoms with Crippen LogP contribution in [0.15, 0.2) is 30.3 Å². The third-order valence-electron chi connectivity index (χ3n) is 2.68. The van der Waals surface area contributed by atoms with Gasteiger partial charge in [-0.05, 0) is 30.3 Å². The summed E-state index contributed by atoms with van der Waals surface area (Å²) in [5.74, 6) is -0.381. The number of nitrogens with one attached hydrogen (secondary N) is 1. The van der Waals surface area contributed by atoms with Gasteiger partial charge in [0.25, 0.3) is 0 Å². The topological polar surface area (TPSA) is 38.3 Å². The number of benzene rings is 2. The Morgan fingerprint density at radius 3 is 2.35 bits per heavy atom. The van der Waals surface area contributed by atoms with E-state index in [1.165, 1.54) is 13.0 Å². The highest BCUT2D eigenvalue weighted by atomic mass is 35.5. The van der Waals surface area contributed by atoms with Crippen molar-refractivity contribution in [2.24, 2.45) is 0 Å². The maximum atomic E-state index is 11.3. The molecule has 0 amide bonds. The fraction of sp³-hybridized carbons (Fsp3) is 0.0667. The van der Waals surface area contributed by atoms with Crippen LogP contribution in [0.2, 0.25) is 20.1 Å². The van der Waals surface area contributed by atoms with Crippen LogP contribution in [0.1, 0.15) is 12.5 Å². The second-order valence-electron chi connectivity index (χ2n) is 4.44. The summed E-state index contributed by atoms with van der Waals surface area (Å²) in [6.45, 7) is 1.27. The van der Waals surface area contributed by atoms with E-state index in [4.69, 9.17) is 63.4 Å². The summed E-state index contributed by atoms with van der Waals surface area (Å²) >= 11 is 29.3. The standard InChI is InChI=1S/C15H9Cl4NO2S/c1-7(21)22-14-10(4-8(16)5-13(14)19)15(23)20-9-2-3-11(17)12(18)6-9/h2-6H,1H3,(H,20,23). The Balaban J connectivity index is 2.37. The molecule has 0 radical (unpaired) electrons. The van der Waals surface area contributed by atoms with Crippen molar-refractivity contribution in [2.75, 3.05) is 5.32 Å². The van der Waals surface area contributed by atoms with E-state index in [1.54, 1.807) is 24.3 Å². The highest BCUT2D eigenvalue weighted by Crippen LogP contribution is 2.34. The molecule has 0 spiro atoms. The Morgan fingerprint density at radius 2 is 1.74 bits per heavy atom. The molecule has 0 saturated carbocycles. The Kier molecular flexibility index (Phi) is 6.12. The van der Waals surface area contributed by atoms with Gasteiger partial charge in [0.2, 0.25) is 0 Å². The predicted octanol–water partition coefficient (Wildman–Crippen LogP) is 6.01. The number of carbonyl (C=O) groups is 1. The van der Waals surface area contributed by atoms with Gasteiger partial charge in [0.05, 0.1) is 20.6 Å². The summed E-state index contributed by atoms with van der Waals surface area (Å²) < 4.78 is 5.13. The molecule has 1 N–H and O–H groups in total. The first-order valence-electron chi connectivity index (χ1n) is 6.22. The predicted molar refractivity (Wildman–Crippen MR) is 99.6 cm³/mol. The van der Waals surface area contributed by atoms with Crippen molar-refractivity contribution in [1.29, 1.82) is 0 Å². The third-order valence-corrected chi connectivity index (χ3v) is 4.24. The summed E-state index contributed by atoms with van der Waals surface area (Å²) in [6.07, 6.45) is 0. The first kappa shape index (κ1) is 18.3. The molecule has 2 aromatic carbocycles. The van der Waals surface area contributed by atoms with Gasteiger partial charge < -0.3 is 10.1 Å². The second kappa shape index (κ2) is 7.69. The van der Waals surface area contributed by atoms with E-state index in [1.807, 2.05) is 0 Å². The molecule has 2 rings (SSSR count). The van der Waals surface area contributed by atoms with Gasteiger partial charge in [-0.25, -0.2) is 0 Å². The zero-order valence-electron chi connectivity index (χ0n) is 11.6. The van der Waals surface area contributed by atoms with Crippen LogP contribution in [0.4, 0.5) is 5.69 Å². The van der Waals surface area contributed by atoms with Crippen molar-refractivity contribution in [1.82, 2.24) is 0 Å². The SMILES string of the molecule is CC(=O)Oc1c(Cl)cc(Cl)cc1C(=S)Nc1ccc(Cl)c(Cl)c1. The van der Waals surface area contributed by atoms with Gasteiger partial charge in [0, 0.05) is 17.6 Å². The molecule has 0 aromatic heterocycles. The smallest absolute Gasteiger partial charge is 0.308 e. The van der Waals surface area contributed by atoms with E-state index < -0.39 is 5.97 Å². The molecule has 0 aliphatic rings. The van der Waals surface area contributed by atoms with Gasteiger partial charge in [0.15, 0.2) is 5.75 Å². The molecule has 120 valence electrons. The zero-order chi connectivity index (χ0) is 17.1. The Labute approximate surface area is 158 Å². The van der Waals surface area contributed by atoms with E-state index in [0.29, 0.717) is 26.3 Å². The molecule has 0 atom stereocenters. The van der Waals surface area contributed by atoms with E-state index in [0.717, 1.165) is 0 Å². The number of hydrogen-bond acceptors (Lipinski definition) is 3. The van der Waals surface area contributed by atoms with Crippen molar-refractivity contribution in [3.8, 4) is 5.75 Å². The quantitative estimate of drug-likeness (QED) is 0.383. The minimum atomic E-state index is -0.521. The monoisotopic (exact) mass is 407 g/mol. The van der Waals surface area contributed by atoms with Crippen molar-refractivity contribution in [3.05, 3.63) is 56.0 Å². The minimum absolute atomic E-state index is 0.140. The second-order valence-corrected chi connectivity index (χ2v) is 6.51. The van der Waals surface area contributed by atoms with E-state index >= 15 is 0 Å². The first-order valence-corrected chi connectivity index (χ1v) is 8.14. The molecule has 0 aliphatic carbocycles. The van der Waals surface area contributed by atoms with Crippen LogP contribution in [0.25, 0.3) is 0 Å². The largest absolute Gasteiger partial charge is 0.424 e. The third kappa shape index (κ3) is 4.72. The van der Waals surface area contributed by atoms with Crippen LogP contribution in [0.5, 0.6) is 5.75 Å². The summed E-state index contributed by atoms with van der Waals surface area (Å²) in [7, 11) is 0. The van der Waals surface area contributed by atoms with Gasteiger partial charge in [-0.2, -0.15) is 0 Å². The van der Waals surface area contributed by atoms with Crippen LogP contribution in [0.3, 0.4) is 0 Å². The average molecular weight is 409 g/mol. The van der Waals surface area contributed by atoms with Crippen LogP contribution >= 0.6 is 58.6 Å². The van der Waals surface area contributed by atoms with Gasteiger partial charge in [0.1, 0.15) is 4.99 Å². The summed E-state index contributed by atoms with van der Waals surface area (Å²) in [5, 5.41) is 4.32. The molecule has 0 saturated heterocycles. The fourth-order valence-corrected chi connectivity index (χ4v) is 2.85. The van der Waals surface area contributed by atoms with Crippen molar-refractivity contribution < 1.29 is 9.53 Å². The molecule has 23 heavy (non-hydrogen) atoms. The number of hydrogen-bond donors (Lipinski definition) is 1. The van der Waals surface area contributed by atoms with Gasteiger partial charge in [-0.3, -0.25) is 4.79 Å². The summed E-state index contributed by atoms with van der Waals surface area (Å²) in [5.41, 5.74) is 1.01. The van der Waals surface area contributed by atoms with Crippen LogP contribution in [-0.2, 0) is 4.79 Å². The Morgan fingerprint density at radius 1 is 1.04 bits per heavy atom. The number of rotatable bonds is 3. The summed E-state index contributed by atoms with van der Waals surface area (Å²) in [6, 6.07) is 7.98. The number of thiocarbonyl (C=S) groups is 1. The normalized spacial score (nSPS) is 10.3. The summed E-state index contributed by atoms with van der Waals surface area (Å²) in [4.78, 5) is 11.5. The van der Waals surface area contributed by atoms with Crippen molar-refractivity contribution in [3.63, 3.8) is 0 Å². The maximum absolute atomic E-state index is 11.3. The van der Waals surface area contributed by atoms with Crippen LogP contribution in [0, 0.1) is 0 Å². The maximum Gasteiger partial charge on any atom is 0.308 e. The lowest BCUT2D eigenvalue weighted by Crippen LogP contribution is -2.14. The average Bonchev–Trinajstić information content (AvgIpc) is 2.45. The van der Waals surface area contributed by atoms with E-state index in [9.17, 15) is 4.79 Å². The number of carbonyl (C=O) groups excluding carboxylic acids is 1. The number of halogens is 4.